The minimum atomic E-state index is -0.776. The number of rotatable bonds is 5. The van der Waals surface area contributed by atoms with Crippen LogP contribution in [0.3, 0.4) is 0 Å². The number of benzene rings is 1. The molecule has 0 unspecified atom stereocenters. The van der Waals surface area contributed by atoms with E-state index in [1.165, 1.54) is 31.5 Å². The van der Waals surface area contributed by atoms with Gasteiger partial charge < -0.3 is 14.6 Å². The predicted molar refractivity (Wildman–Crippen MR) is 108 cm³/mol. The first-order chi connectivity index (χ1) is 13.5. The van der Waals surface area contributed by atoms with Gasteiger partial charge in [0, 0.05) is 37.6 Å². The van der Waals surface area contributed by atoms with Crippen molar-refractivity contribution >= 4 is 5.91 Å². The number of carbonyl (C=O) groups excluding carboxylic acids is 1. The van der Waals surface area contributed by atoms with E-state index in [9.17, 15) is 9.90 Å². The van der Waals surface area contributed by atoms with Crippen LogP contribution in [0, 0.1) is 6.92 Å². The van der Waals surface area contributed by atoms with Crippen molar-refractivity contribution in [2.45, 2.75) is 51.3 Å². The summed E-state index contributed by atoms with van der Waals surface area (Å²) >= 11 is 0. The molecule has 1 aromatic carbocycles. The van der Waals surface area contributed by atoms with E-state index in [1.54, 1.807) is 6.20 Å². The monoisotopic (exact) mass is 382 g/mol. The van der Waals surface area contributed by atoms with Gasteiger partial charge in [-0.1, -0.05) is 12.1 Å². The Bertz CT molecular complexity index is 800. The molecular weight excluding hydrogens is 352 g/mol. The Balaban J connectivity index is 1.32. The largest absolute Gasteiger partial charge is 0.388 e. The molecule has 3 heterocycles. The van der Waals surface area contributed by atoms with E-state index in [-0.39, 0.29) is 5.91 Å². The van der Waals surface area contributed by atoms with Gasteiger partial charge >= 0.3 is 0 Å². The Kier molecular flexibility index (Phi) is 5.51. The van der Waals surface area contributed by atoms with Crippen LogP contribution in [-0.2, 0) is 13.1 Å². The topological polar surface area (TPSA) is 61.6 Å². The fraction of sp³-hybridized carbons (Fsp3) is 0.545. The van der Waals surface area contributed by atoms with Crippen molar-refractivity contribution in [3.05, 3.63) is 53.6 Å². The minimum absolute atomic E-state index is 0.0635. The Morgan fingerprint density at radius 3 is 2.39 bits per heavy atom. The van der Waals surface area contributed by atoms with Crippen molar-refractivity contribution in [1.29, 1.82) is 0 Å². The third kappa shape index (κ3) is 4.28. The summed E-state index contributed by atoms with van der Waals surface area (Å²) in [5, 5.41) is 10.9. The quantitative estimate of drug-likeness (QED) is 0.863. The molecule has 2 fully saturated rings. The molecule has 0 bridgehead atoms. The fourth-order valence-electron chi connectivity index (χ4n) is 4.31. The van der Waals surface area contributed by atoms with Gasteiger partial charge in [-0.15, -0.1) is 0 Å². The van der Waals surface area contributed by atoms with Gasteiger partial charge in [-0.05, 0) is 63.4 Å². The van der Waals surface area contributed by atoms with Crippen molar-refractivity contribution in [2.24, 2.45) is 0 Å². The molecule has 2 aliphatic heterocycles. The van der Waals surface area contributed by atoms with Crippen LogP contribution in [0.25, 0.3) is 0 Å². The molecule has 0 spiro atoms. The number of nitrogens with zero attached hydrogens (tertiary/aromatic N) is 4. The summed E-state index contributed by atoms with van der Waals surface area (Å²) in [6.45, 7) is 6.96. The van der Waals surface area contributed by atoms with Crippen LogP contribution in [0.4, 0.5) is 0 Å². The number of carbonyl (C=O) groups is 1. The smallest absolute Gasteiger partial charge is 0.253 e. The molecule has 0 saturated carbocycles. The minimum Gasteiger partial charge on any atom is -0.388 e. The van der Waals surface area contributed by atoms with Crippen LogP contribution < -0.4 is 0 Å². The molecular formula is C22H30N4O2. The van der Waals surface area contributed by atoms with Crippen LogP contribution in [0.2, 0.25) is 0 Å². The van der Waals surface area contributed by atoms with Crippen LogP contribution in [0.5, 0.6) is 0 Å². The Morgan fingerprint density at radius 2 is 1.79 bits per heavy atom. The summed E-state index contributed by atoms with van der Waals surface area (Å²) in [6.07, 6.45) is 7.41. The molecule has 6 nitrogen and oxygen atoms in total. The average Bonchev–Trinajstić information content (AvgIpc) is 3.34. The molecule has 0 radical (unpaired) electrons. The van der Waals surface area contributed by atoms with Gasteiger partial charge in [0.2, 0.25) is 0 Å². The predicted octanol–water partition coefficient (Wildman–Crippen LogP) is 2.45. The van der Waals surface area contributed by atoms with Crippen LogP contribution in [0.1, 0.15) is 47.4 Å². The van der Waals surface area contributed by atoms with Crippen molar-refractivity contribution in [3.8, 4) is 0 Å². The molecule has 4 rings (SSSR count). The Hall–Kier alpha value is -2.18. The summed E-state index contributed by atoms with van der Waals surface area (Å²) in [5.41, 5.74) is 1.23. The summed E-state index contributed by atoms with van der Waals surface area (Å²) in [7, 11) is 0. The van der Waals surface area contributed by atoms with Gasteiger partial charge in [0.1, 0.15) is 5.82 Å². The van der Waals surface area contributed by atoms with Gasteiger partial charge in [-0.2, -0.15) is 0 Å². The molecule has 2 aromatic rings. The van der Waals surface area contributed by atoms with Crippen molar-refractivity contribution in [3.63, 3.8) is 0 Å². The van der Waals surface area contributed by atoms with Crippen molar-refractivity contribution < 1.29 is 9.90 Å². The number of aromatic nitrogens is 2. The maximum atomic E-state index is 12.9. The van der Waals surface area contributed by atoms with Crippen molar-refractivity contribution in [2.75, 3.05) is 26.2 Å². The van der Waals surface area contributed by atoms with E-state index in [1.807, 2.05) is 34.7 Å². The highest BCUT2D eigenvalue weighted by molar-refractivity contribution is 5.94. The number of aliphatic hydroxyl groups is 1. The lowest BCUT2D eigenvalue weighted by molar-refractivity contribution is -0.0295. The van der Waals surface area contributed by atoms with Crippen LogP contribution in [0.15, 0.2) is 36.7 Å². The molecule has 2 aliphatic rings. The summed E-state index contributed by atoms with van der Waals surface area (Å²) in [4.78, 5) is 21.4. The second-order valence-corrected chi connectivity index (χ2v) is 8.30. The molecule has 150 valence electrons. The first kappa shape index (κ1) is 19.2. The molecule has 2 saturated heterocycles. The van der Waals surface area contributed by atoms with E-state index in [2.05, 4.69) is 22.0 Å². The SMILES string of the molecule is Cc1nccn1CC1(O)CCN(C(=O)c2ccc(CN3CCCC3)cc2)CC1. The standard InChI is InChI=1S/C22H30N4O2/c1-18-23-10-15-26(18)17-22(28)8-13-25(14-9-22)21(27)20-6-4-19(5-7-20)16-24-11-2-3-12-24/h4-7,10,15,28H,2-3,8-9,11-14,16-17H2,1H3. The molecule has 0 aliphatic carbocycles. The second kappa shape index (κ2) is 8.05. The van der Waals surface area contributed by atoms with Gasteiger partial charge in [-0.3, -0.25) is 9.69 Å². The Labute approximate surface area is 166 Å². The van der Waals surface area contributed by atoms with Crippen LogP contribution >= 0.6 is 0 Å². The maximum Gasteiger partial charge on any atom is 0.253 e. The van der Waals surface area contributed by atoms with Gasteiger partial charge in [-0.25, -0.2) is 4.98 Å². The highest BCUT2D eigenvalue weighted by Gasteiger charge is 2.34. The van der Waals surface area contributed by atoms with Crippen LogP contribution in [-0.4, -0.2) is 62.1 Å². The number of aryl methyl sites for hydroxylation is 1. The number of hydrogen-bond acceptors (Lipinski definition) is 4. The molecule has 0 atom stereocenters. The lowest BCUT2D eigenvalue weighted by Crippen LogP contribution is -2.48. The molecule has 1 amide bonds. The number of likely N-dealkylation sites (tertiary alicyclic amines) is 2. The third-order valence-electron chi connectivity index (χ3n) is 6.18. The molecule has 6 heteroatoms. The van der Waals surface area contributed by atoms with E-state index < -0.39 is 5.60 Å². The van der Waals surface area contributed by atoms with E-state index >= 15 is 0 Å². The van der Waals surface area contributed by atoms with E-state index in [0.717, 1.165) is 17.9 Å². The summed E-state index contributed by atoms with van der Waals surface area (Å²) in [5.74, 6) is 0.967. The molecule has 1 N–H and O–H groups in total. The lowest BCUT2D eigenvalue weighted by Gasteiger charge is -2.38. The first-order valence-corrected chi connectivity index (χ1v) is 10.3. The number of amides is 1. The number of imidazole rings is 1. The first-order valence-electron chi connectivity index (χ1n) is 10.3. The lowest BCUT2D eigenvalue weighted by atomic mass is 9.91. The highest BCUT2D eigenvalue weighted by atomic mass is 16.3. The maximum absolute atomic E-state index is 12.9. The number of hydrogen-bond donors (Lipinski definition) is 1. The van der Waals surface area contributed by atoms with E-state index in [4.69, 9.17) is 0 Å². The molecule has 28 heavy (non-hydrogen) atoms. The van der Waals surface area contributed by atoms with Gasteiger partial charge in [0.15, 0.2) is 0 Å². The van der Waals surface area contributed by atoms with E-state index in [0.29, 0.717) is 32.5 Å². The highest BCUT2D eigenvalue weighted by Crippen LogP contribution is 2.26. The number of piperidine rings is 1. The summed E-state index contributed by atoms with van der Waals surface area (Å²) < 4.78 is 1.98. The average molecular weight is 383 g/mol. The summed E-state index contributed by atoms with van der Waals surface area (Å²) in [6, 6.07) is 8.05. The zero-order chi connectivity index (χ0) is 19.6. The van der Waals surface area contributed by atoms with Gasteiger partial charge in [0.25, 0.3) is 5.91 Å². The zero-order valence-corrected chi connectivity index (χ0v) is 16.7. The zero-order valence-electron chi connectivity index (χ0n) is 16.7. The Morgan fingerprint density at radius 1 is 1.11 bits per heavy atom. The molecule has 1 aromatic heterocycles. The second-order valence-electron chi connectivity index (χ2n) is 8.30. The van der Waals surface area contributed by atoms with Gasteiger partial charge in [0.05, 0.1) is 12.1 Å². The normalized spacial score (nSPS) is 19.9. The van der Waals surface area contributed by atoms with Crippen molar-refractivity contribution in [1.82, 2.24) is 19.4 Å². The third-order valence-corrected chi connectivity index (χ3v) is 6.18. The fourth-order valence-corrected chi connectivity index (χ4v) is 4.31.